The van der Waals surface area contributed by atoms with Crippen molar-refractivity contribution in [1.82, 2.24) is 10.6 Å². The highest BCUT2D eigenvalue weighted by molar-refractivity contribution is 4.98. The van der Waals surface area contributed by atoms with E-state index in [1.54, 1.807) is 0 Å². The van der Waals surface area contributed by atoms with Gasteiger partial charge in [-0.3, -0.25) is 0 Å². The monoisotopic (exact) mass is 238 g/mol. The van der Waals surface area contributed by atoms with Crippen LogP contribution in [0.3, 0.4) is 0 Å². The lowest BCUT2D eigenvalue weighted by Gasteiger charge is -2.41. The van der Waals surface area contributed by atoms with Gasteiger partial charge in [-0.15, -0.1) is 0 Å². The molecule has 1 aliphatic carbocycles. The van der Waals surface area contributed by atoms with Gasteiger partial charge >= 0.3 is 0 Å². The van der Waals surface area contributed by atoms with Crippen LogP contribution in [0.25, 0.3) is 0 Å². The normalized spacial score (nSPS) is 41.6. The average molecular weight is 238 g/mol. The standard InChI is InChI=1S/C14H26N2O/c1-14(2)9-15-7-5-12(14)16-11-6-8-17-13(11)10-3-4-10/h10-13,15-16H,3-9H2,1-2H3. The zero-order chi connectivity index (χ0) is 11.9. The smallest absolute Gasteiger partial charge is 0.0757 e. The van der Waals surface area contributed by atoms with Crippen molar-refractivity contribution in [3.05, 3.63) is 0 Å². The lowest BCUT2D eigenvalue weighted by molar-refractivity contribution is 0.0698. The van der Waals surface area contributed by atoms with E-state index in [0.29, 0.717) is 23.6 Å². The second-order valence-electron chi connectivity index (χ2n) is 6.74. The largest absolute Gasteiger partial charge is 0.376 e. The van der Waals surface area contributed by atoms with Crippen LogP contribution < -0.4 is 10.6 Å². The van der Waals surface area contributed by atoms with Crippen molar-refractivity contribution < 1.29 is 4.74 Å². The molecule has 2 aliphatic heterocycles. The molecule has 98 valence electrons. The number of nitrogens with one attached hydrogen (secondary N) is 2. The lowest BCUT2D eigenvalue weighted by Crippen LogP contribution is -2.56. The summed E-state index contributed by atoms with van der Waals surface area (Å²) < 4.78 is 5.92. The Hall–Kier alpha value is -0.120. The highest BCUT2D eigenvalue weighted by Gasteiger charge is 2.43. The molecule has 3 nitrogen and oxygen atoms in total. The van der Waals surface area contributed by atoms with Gasteiger partial charge in [0.2, 0.25) is 0 Å². The first-order valence-electron chi connectivity index (χ1n) is 7.25. The van der Waals surface area contributed by atoms with Crippen LogP contribution in [0.4, 0.5) is 0 Å². The van der Waals surface area contributed by atoms with E-state index in [-0.39, 0.29) is 0 Å². The molecule has 3 fully saturated rings. The Labute approximate surface area is 105 Å². The maximum Gasteiger partial charge on any atom is 0.0757 e. The summed E-state index contributed by atoms with van der Waals surface area (Å²) in [5.74, 6) is 0.861. The minimum Gasteiger partial charge on any atom is -0.376 e. The van der Waals surface area contributed by atoms with Crippen molar-refractivity contribution in [3.63, 3.8) is 0 Å². The van der Waals surface area contributed by atoms with Gasteiger partial charge in [0.15, 0.2) is 0 Å². The lowest BCUT2D eigenvalue weighted by atomic mass is 9.79. The van der Waals surface area contributed by atoms with Crippen molar-refractivity contribution in [2.24, 2.45) is 11.3 Å². The zero-order valence-electron chi connectivity index (χ0n) is 11.2. The number of ether oxygens (including phenoxy) is 1. The Morgan fingerprint density at radius 1 is 1.18 bits per heavy atom. The minimum absolute atomic E-state index is 0.370. The van der Waals surface area contributed by atoms with E-state index in [4.69, 9.17) is 4.74 Å². The molecule has 2 saturated heterocycles. The fraction of sp³-hybridized carbons (Fsp3) is 1.00. The Kier molecular flexibility index (Phi) is 3.18. The fourth-order valence-electron chi connectivity index (χ4n) is 3.42. The highest BCUT2D eigenvalue weighted by Crippen LogP contribution is 2.39. The molecule has 0 aromatic rings. The first kappa shape index (κ1) is 11.9. The predicted octanol–water partition coefficient (Wildman–Crippen LogP) is 1.53. The highest BCUT2D eigenvalue weighted by atomic mass is 16.5. The Morgan fingerprint density at radius 3 is 2.71 bits per heavy atom. The van der Waals surface area contributed by atoms with Gasteiger partial charge in [-0.05, 0) is 43.6 Å². The first-order valence-corrected chi connectivity index (χ1v) is 7.25. The van der Waals surface area contributed by atoms with Crippen molar-refractivity contribution in [2.75, 3.05) is 19.7 Å². The molecule has 0 amide bonds. The van der Waals surface area contributed by atoms with Crippen LogP contribution in [0, 0.1) is 11.3 Å². The molecule has 3 rings (SSSR count). The van der Waals surface area contributed by atoms with Crippen LogP contribution in [0.2, 0.25) is 0 Å². The number of hydrogen-bond acceptors (Lipinski definition) is 3. The van der Waals surface area contributed by atoms with Gasteiger partial charge in [0.05, 0.1) is 6.10 Å². The molecule has 2 N–H and O–H groups in total. The van der Waals surface area contributed by atoms with E-state index < -0.39 is 0 Å². The predicted molar refractivity (Wildman–Crippen MR) is 69.1 cm³/mol. The molecule has 3 aliphatic rings. The van der Waals surface area contributed by atoms with E-state index >= 15 is 0 Å². The van der Waals surface area contributed by atoms with Crippen molar-refractivity contribution in [2.45, 2.75) is 57.7 Å². The maximum absolute atomic E-state index is 5.92. The summed E-state index contributed by atoms with van der Waals surface area (Å²) >= 11 is 0. The molecule has 0 aromatic carbocycles. The molecule has 0 bridgehead atoms. The van der Waals surface area contributed by atoms with E-state index in [1.165, 1.54) is 25.7 Å². The van der Waals surface area contributed by atoms with Gasteiger partial charge in [0.25, 0.3) is 0 Å². The van der Waals surface area contributed by atoms with E-state index in [2.05, 4.69) is 24.5 Å². The minimum atomic E-state index is 0.370. The number of hydrogen-bond donors (Lipinski definition) is 2. The molecule has 0 aromatic heterocycles. The number of piperidine rings is 1. The summed E-state index contributed by atoms with van der Waals surface area (Å²) in [5, 5.41) is 7.42. The third-order valence-corrected chi connectivity index (χ3v) is 4.77. The maximum atomic E-state index is 5.92. The Balaban J connectivity index is 1.61. The molecular weight excluding hydrogens is 212 g/mol. The van der Waals surface area contributed by atoms with Crippen molar-refractivity contribution >= 4 is 0 Å². The Morgan fingerprint density at radius 2 is 2.00 bits per heavy atom. The third kappa shape index (κ3) is 2.51. The summed E-state index contributed by atoms with van der Waals surface area (Å²) in [6.07, 6.45) is 5.75. The number of rotatable bonds is 3. The summed E-state index contributed by atoms with van der Waals surface area (Å²) in [5.41, 5.74) is 0.370. The second-order valence-corrected chi connectivity index (χ2v) is 6.74. The molecule has 1 saturated carbocycles. The van der Waals surface area contributed by atoms with Crippen LogP contribution in [-0.2, 0) is 4.74 Å². The summed E-state index contributed by atoms with van der Waals surface area (Å²) in [6.45, 7) is 8.00. The first-order chi connectivity index (χ1) is 8.17. The molecule has 3 heteroatoms. The van der Waals surface area contributed by atoms with Crippen LogP contribution in [0.1, 0.15) is 39.5 Å². The summed E-state index contributed by atoms with van der Waals surface area (Å²) in [4.78, 5) is 0. The summed E-state index contributed by atoms with van der Waals surface area (Å²) in [6, 6.07) is 1.27. The molecule has 3 unspecified atom stereocenters. The average Bonchev–Trinajstić information content (AvgIpc) is 3.02. The zero-order valence-corrected chi connectivity index (χ0v) is 11.2. The third-order valence-electron chi connectivity index (χ3n) is 4.77. The van der Waals surface area contributed by atoms with E-state index in [0.717, 1.165) is 25.6 Å². The van der Waals surface area contributed by atoms with Crippen molar-refractivity contribution in [3.8, 4) is 0 Å². The van der Waals surface area contributed by atoms with Crippen LogP contribution in [-0.4, -0.2) is 37.9 Å². The Bertz CT molecular complexity index is 275. The van der Waals surface area contributed by atoms with E-state index in [1.807, 2.05) is 0 Å². The van der Waals surface area contributed by atoms with Crippen molar-refractivity contribution in [1.29, 1.82) is 0 Å². The molecule has 0 radical (unpaired) electrons. The SMILES string of the molecule is CC1(C)CNCCC1NC1CCOC1C1CC1. The molecular formula is C14H26N2O. The second kappa shape index (κ2) is 4.52. The van der Waals surface area contributed by atoms with Gasteiger partial charge in [-0.2, -0.15) is 0 Å². The summed E-state index contributed by atoms with van der Waals surface area (Å²) in [7, 11) is 0. The topological polar surface area (TPSA) is 33.3 Å². The van der Waals surface area contributed by atoms with E-state index in [9.17, 15) is 0 Å². The van der Waals surface area contributed by atoms with Crippen LogP contribution in [0.5, 0.6) is 0 Å². The molecule has 0 spiro atoms. The van der Waals surface area contributed by atoms with Crippen LogP contribution in [0.15, 0.2) is 0 Å². The molecule has 3 atom stereocenters. The molecule has 17 heavy (non-hydrogen) atoms. The quantitative estimate of drug-likeness (QED) is 0.782. The van der Waals surface area contributed by atoms with Gasteiger partial charge in [0, 0.05) is 25.2 Å². The van der Waals surface area contributed by atoms with Gasteiger partial charge in [-0.1, -0.05) is 13.8 Å². The van der Waals surface area contributed by atoms with Gasteiger partial charge in [-0.25, -0.2) is 0 Å². The fourth-order valence-corrected chi connectivity index (χ4v) is 3.42. The van der Waals surface area contributed by atoms with Crippen LogP contribution >= 0.6 is 0 Å². The molecule has 2 heterocycles. The van der Waals surface area contributed by atoms with Gasteiger partial charge in [0.1, 0.15) is 0 Å². The van der Waals surface area contributed by atoms with Gasteiger partial charge < -0.3 is 15.4 Å².